The molecule has 26 heavy (non-hydrogen) atoms. The number of nitrogens with one attached hydrogen (secondary N) is 1. The topological polar surface area (TPSA) is 102 Å². The minimum atomic E-state index is -4.02. The second-order valence-corrected chi connectivity index (χ2v) is 7.55. The number of anilines is 1. The summed E-state index contributed by atoms with van der Waals surface area (Å²) in [5, 5.41) is 2.57. The number of carbonyl (C=O) groups excluding carboxylic acids is 2. The van der Waals surface area contributed by atoms with Crippen LogP contribution in [0.3, 0.4) is 0 Å². The number of carbonyl (C=O) groups is 2. The van der Waals surface area contributed by atoms with Crippen molar-refractivity contribution in [3.05, 3.63) is 48.0 Å². The van der Waals surface area contributed by atoms with Gasteiger partial charge in [-0.15, -0.1) is 0 Å². The van der Waals surface area contributed by atoms with Gasteiger partial charge in [0.05, 0.1) is 5.56 Å². The standard InChI is InChI=1S/C17H14N2O6S/c20-16(18-11-5-6-13-14(9-11)25-8-7-24-13)10-19-17(21)12-3-1-2-4-15(12)26(19,22)23/h1-6,9H,7-8,10H2,(H,18,20). The molecule has 0 atom stereocenters. The molecular weight excluding hydrogens is 360 g/mol. The SMILES string of the molecule is O=C(CN1C(=O)c2ccccc2S1(=O)=O)Nc1ccc2c(c1)OCCO2. The van der Waals surface area contributed by atoms with Crippen LogP contribution in [-0.2, 0) is 14.8 Å². The Balaban J connectivity index is 1.52. The van der Waals surface area contributed by atoms with E-state index in [1.165, 1.54) is 18.2 Å². The molecule has 2 heterocycles. The quantitative estimate of drug-likeness (QED) is 0.867. The predicted molar refractivity (Wildman–Crippen MR) is 90.7 cm³/mol. The lowest BCUT2D eigenvalue weighted by Gasteiger charge is -2.19. The van der Waals surface area contributed by atoms with Crippen molar-refractivity contribution in [3.8, 4) is 11.5 Å². The molecule has 8 nitrogen and oxygen atoms in total. The summed E-state index contributed by atoms with van der Waals surface area (Å²) in [6.45, 7) is 0.252. The van der Waals surface area contributed by atoms with Gasteiger partial charge in [-0.1, -0.05) is 12.1 Å². The summed E-state index contributed by atoms with van der Waals surface area (Å²) in [5.41, 5.74) is 0.487. The molecular formula is C17H14N2O6S. The number of nitrogens with zero attached hydrogens (tertiary/aromatic N) is 1. The van der Waals surface area contributed by atoms with Crippen LogP contribution in [0.1, 0.15) is 10.4 Å². The predicted octanol–water partition coefficient (Wildman–Crippen LogP) is 1.24. The van der Waals surface area contributed by atoms with Crippen molar-refractivity contribution in [3.63, 3.8) is 0 Å². The second-order valence-electron chi connectivity index (χ2n) is 5.72. The van der Waals surface area contributed by atoms with Gasteiger partial charge in [-0.3, -0.25) is 9.59 Å². The second kappa shape index (κ2) is 6.03. The number of hydrogen-bond acceptors (Lipinski definition) is 6. The molecule has 4 rings (SSSR count). The highest BCUT2D eigenvalue weighted by Crippen LogP contribution is 2.33. The molecule has 1 N–H and O–H groups in total. The maximum Gasteiger partial charge on any atom is 0.269 e. The summed E-state index contributed by atoms with van der Waals surface area (Å²) in [6, 6.07) is 10.7. The molecule has 2 aromatic carbocycles. The Morgan fingerprint density at radius 3 is 2.58 bits per heavy atom. The van der Waals surface area contributed by atoms with Gasteiger partial charge in [0.25, 0.3) is 15.9 Å². The fourth-order valence-electron chi connectivity index (χ4n) is 2.84. The molecule has 2 aliphatic rings. The zero-order valence-corrected chi connectivity index (χ0v) is 14.3. The van der Waals surface area contributed by atoms with Gasteiger partial charge in [0, 0.05) is 11.8 Å². The summed E-state index contributed by atoms with van der Waals surface area (Å²) in [4.78, 5) is 24.5. The van der Waals surface area contributed by atoms with Crippen molar-refractivity contribution in [1.29, 1.82) is 0 Å². The average molecular weight is 374 g/mol. The molecule has 134 valence electrons. The Morgan fingerprint density at radius 2 is 1.81 bits per heavy atom. The molecule has 0 aliphatic carbocycles. The van der Waals surface area contributed by atoms with Gasteiger partial charge < -0.3 is 14.8 Å². The van der Waals surface area contributed by atoms with E-state index in [-0.39, 0.29) is 10.5 Å². The summed E-state index contributed by atoms with van der Waals surface area (Å²) >= 11 is 0. The van der Waals surface area contributed by atoms with E-state index in [0.29, 0.717) is 34.7 Å². The highest BCUT2D eigenvalue weighted by atomic mass is 32.2. The molecule has 2 aromatic rings. The first-order chi connectivity index (χ1) is 12.5. The van der Waals surface area contributed by atoms with Crippen LogP contribution >= 0.6 is 0 Å². The first kappa shape index (κ1) is 16.4. The van der Waals surface area contributed by atoms with E-state index in [0.717, 1.165) is 0 Å². The molecule has 0 fully saturated rings. The van der Waals surface area contributed by atoms with Crippen LogP contribution < -0.4 is 14.8 Å². The minimum Gasteiger partial charge on any atom is -0.486 e. The lowest BCUT2D eigenvalue weighted by Crippen LogP contribution is -2.37. The Hall–Kier alpha value is -3.07. The van der Waals surface area contributed by atoms with Gasteiger partial charge in [-0.2, -0.15) is 0 Å². The maximum atomic E-state index is 12.5. The highest BCUT2D eigenvalue weighted by Gasteiger charge is 2.41. The summed E-state index contributed by atoms with van der Waals surface area (Å²) in [6.07, 6.45) is 0. The van der Waals surface area contributed by atoms with E-state index in [1.807, 2.05) is 0 Å². The first-order valence-electron chi connectivity index (χ1n) is 7.82. The number of hydrogen-bond donors (Lipinski definition) is 1. The van der Waals surface area contributed by atoms with Crippen LogP contribution in [0.5, 0.6) is 11.5 Å². The largest absolute Gasteiger partial charge is 0.486 e. The minimum absolute atomic E-state index is 0.0691. The van der Waals surface area contributed by atoms with Gasteiger partial charge in [0.2, 0.25) is 5.91 Å². The van der Waals surface area contributed by atoms with Crippen LogP contribution in [0.15, 0.2) is 47.4 Å². The average Bonchev–Trinajstić information content (AvgIpc) is 2.83. The van der Waals surface area contributed by atoms with E-state index in [2.05, 4.69) is 5.32 Å². The highest BCUT2D eigenvalue weighted by molar-refractivity contribution is 7.90. The zero-order valence-electron chi connectivity index (χ0n) is 13.5. The van der Waals surface area contributed by atoms with Gasteiger partial charge in [0.15, 0.2) is 11.5 Å². The van der Waals surface area contributed by atoms with Crippen molar-refractivity contribution in [2.24, 2.45) is 0 Å². The van der Waals surface area contributed by atoms with Crippen LogP contribution in [0.2, 0.25) is 0 Å². The molecule has 0 bridgehead atoms. The molecule has 2 aliphatic heterocycles. The van der Waals surface area contributed by atoms with Crippen molar-refractivity contribution >= 4 is 27.5 Å². The Morgan fingerprint density at radius 1 is 1.08 bits per heavy atom. The van der Waals surface area contributed by atoms with Gasteiger partial charge in [-0.05, 0) is 24.3 Å². The fourth-order valence-corrected chi connectivity index (χ4v) is 4.36. The number of rotatable bonds is 3. The lowest BCUT2D eigenvalue weighted by atomic mass is 10.2. The van der Waals surface area contributed by atoms with Crippen LogP contribution in [0.25, 0.3) is 0 Å². The monoisotopic (exact) mass is 374 g/mol. The third-order valence-electron chi connectivity index (χ3n) is 4.03. The van der Waals surface area contributed by atoms with Crippen molar-refractivity contribution < 1.29 is 27.5 Å². The first-order valence-corrected chi connectivity index (χ1v) is 9.26. The van der Waals surface area contributed by atoms with E-state index >= 15 is 0 Å². The summed E-state index contributed by atoms with van der Waals surface area (Å²) < 4.78 is 36.3. The molecule has 0 unspecified atom stereocenters. The third-order valence-corrected chi connectivity index (χ3v) is 5.81. The van der Waals surface area contributed by atoms with Crippen LogP contribution in [0, 0.1) is 0 Å². The fraction of sp³-hybridized carbons (Fsp3) is 0.176. The Kier molecular flexibility index (Phi) is 3.80. The molecule has 0 saturated heterocycles. The van der Waals surface area contributed by atoms with E-state index < -0.39 is 28.4 Å². The van der Waals surface area contributed by atoms with Gasteiger partial charge in [-0.25, -0.2) is 12.7 Å². The molecule has 2 amide bonds. The molecule has 0 saturated carbocycles. The number of benzene rings is 2. The number of sulfonamides is 1. The van der Waals surface area contributed by atoms with Crippen LogP contribution in [-0.4, -0.2) is 44.3 Å². The molecule has 9 heteroatoms. The van der Waals surface area contributed by atoms with E-state index in [9.17, 15) is 18.0 Å². The number of ether oxygens (including phenoxy) is 2. The summed E-state index contributed by atoms with van der Waals surface area (Å²) in [5.74, 6) is -0.280. The smallest absolute Gasteiger partial charge is 0.269 e. The number of amides is 2. The molecule has 0 aromatic heterocycles. The van der Waals surface area contributed by atoms with Crippen LogP contribution in [0.4, 0.5) is 5.69 Å². The van der Waals surface area contributed by atoms with Gasteiger partial charge >= 0.3 is 0 Å². The van der Waals surface area contributed by atoms with Crippen molar-refractivity contribution in [1.82, 2.24) is 4.31 Å². The third kappa shape index (κ3) is 2.66. The Labute approximate surface area is 149 Å². The summed E-state index contributed by atoms with van der Waals surface area (Å²) in [7, 11) is -4.02. The van der Waals surface area contributed by atoms with E-state index in [1.54, 1.807) is 24.3 Å². The molecule has 0 spiro atoms. The maximum absolute atomic E-state index is 12.5. The van der Waals surface area contributed by atoms with Crippen molar-refractivity contribution in [2.45, 2.75) is 4.90 Å². The normalized spacial score (nSPS) is 16.9. The van der Waals surface area contributed by atoms with Gasteiger partial charge in [0.1, 0.15) is 24.7 Å². The molecule has 0 radical (unpaired) electrons. The Bertz CT molecular complexity index is 1020. The van der Waals surface area contributed by atoms with E-state index in [4.69, 9.17) is 9.47 Å². The zero-order chi connectivity index (χ0) is 18.3. The number of fused-ring (bicyclic) bond motifs is 2. The van der Waals surface area contributed by atoms with Crippen molar-refractivity contribution in [2.75, 3.05) is 25.1 Å². The lowest BCUT2D eigenvalue weighted by molar-refractivity contribution is -0.116.